The summed E-state index contributed by atoms with van der Waals surface area (Å²) in [6, 6.07) is 8.25. The third kappa shape index (κ3) is 2.81. The molecule has 3 heterocycles. The maximum absolute atomic E-state index is 13.2. The van der Waals surface area contributed by atoms with Crippen LogP contribution in [0, 0.1) is 13.8 Å². The fraction of sp³-hybridized carbons (Fsp3) is 0.350. The van der Waals surface area contributed by atoms with Gasteiger partial charge in [-0.25, -0.2) is 4.68 Å². The Morgan fingerprint density at radius 2 is 1.88 bits per heavy atom. The summed E-state index contributed by atoms with van der Waals surface area (Å²) in [7, 11) is 1.90. The lowest BCUT2D eigenvalue weighted by Gasteiger charge is -2.23. The van der Waals surface area contributed by atoms with Crippen LogP contribution in [0.25, 0.3) is 5.69 Å². The van der Waals surface area contributed by atoms with Gasteiger partial charge in [0.2, 0.25) is 0 Å². The van der Waals surface area contributed by atoms with Crippen molar-refractivity contribution in [1.82, 2.24) is 24.5 Å². The molecule has 1 aromatic carbocycles. The van der Waals surface area contributed by atoms with Crippen LogP contribution < -0.4 is 0 Å². The van der Waals surface area contributed by atoms with Crippen molar-refractivity contribution >= 4 is 5.91 Å². The van der Waals surface area contributed by atoms with Crippen LogP contribution in [0.15, 0.2) is 42.9 Å². The number of aryl methyl sites for hydroxylation is 2. The number of nitrogens with zero attached hydrogens (tertiary/aromatic N) is 5. The molecule has 0 radical (unpaired) electrons. The van der Waals surface area contributed by atoms with Crippen molar-refractivity contribution < 1.29 is 4.79 Å². The number of aromatic nitrogens is 4. The summed E-state index contributed by atoms with van der Waals surface area (Å²) >= 11 is 0. The molecule has 1 fully saturated rings. The SMILES string of the molecule is Cc1ccc(-n2ncc(C(=O)N3CCC[C@@H]3c3cnn(C)c3)c2C)cc1. The summed E-state index contributed by atoms with van der Waals surface area (Å²) in [5, 5.41) is 8.72. The molecule has 4 rings (SSSR count). The van der Waals surface area contributed by atoms with Crippen molar-refractivity contribution in [2.24, 2.45) is 7.05 Å². The van der Waals surface area contributed by atoms with Crippen LogP contribution in [0.5, 0.6) is 0 Å². The highest BCUT2D eigenvalue weighted by Crippen LogP contribution is 2.33. The van der Waals surface area contributed by atoms with Crippen LogP contribution in [-0.2, 0) is 7.05 Å². The summed E-state index contributed by atoms with van der Waals surface area (Å²) in [5.41, 5.74) is 4.81. The number of rotatable bonds is 3. The molecule has 3 aromatic rings. The maximum Gasteiger partial charge on any atom is 0.257 e. The molecular weight excluding hydrogens is 326 g/mol. The van der Waals surface area contributed by atoms with E-state index in [9.17, 15) is 4.79 Å². The molecule has 134 valence electrons. The highest BCUT2D eigenvalue weighted by molar-refractivity contribution is 5.95. The van der Waals surface area contributed by atoms with Crippen molar-refractivity contribution in [3.8, 4) is 5.69 Å². The second-order valence-electron chi connectivity index (χ2n) is 6.99. The average Bonchev–Trinajstić information content (AvgIpc) is 3.34. The zero-order valence-electron chi connectivity index (χ0n) is 15.4. The van der Waals surface area contributed by atoms with Gasteiger partial charge in [0, 0.05) is 25.4 Å². The predicted molar refractivity (Wildman–Crippen MR) is 99.3 cm³/mol. The Bertz CT molecular complexity index is 938. The van der Waals surface area contributed by atoms with Gasteiger partial charge in [-0.2, -0.15) is 10.2 Å². The fourth-order valence-corrected chi connectivity index (χ4v) is 3.69. The summed E-state index contributed by atoms with van der Waals surface area (Å²) in [4.78, 5) is 15.2. The Hall–Kier alpha value is -2.89. The molecule has 26 heavy (non-hydrogen) atoms. The van der Waals surface area contributed by atoms with Gasteiger partial charge < -0.3 is 4.90 Å². The molecule has 0 saturated carbocycles. The molecule has 0 bridgehead atoms. The molecule has 0 aliphatic carbocycles. The van der Waals surface area contributed by atoms with Crippen LogP contribution in [0.2, 0.25) is 0 Å². The first-order valence-corrected chi connectivity index (χ1v) is 8.96. The number of carbonyl (C=O) groups is 1. The van der Waals surface area contributed by atoms with Crippen LogP contribution in [0.1, 0.15) is 46.1 Å². The monoisotopic (exact) mass is 349 g/mol. The second kappa shape index (κ2) is 6.44. The van der Waals surface area contributed by atoms with Crippen molar-refractivity contribution in [1.29, 1.82) is 0 Å². The Morgan fingerprint density at radius 1 is 1.12 bits per heavy atom. The summed E-state index contributed by atoms with van der Waals surface area (Å²) < 4.78 is 3.62. The van der Waals surface area contributed by atoms with E-state index in [4.69, 9.17) is 0 Å². The topological polar surface area (TPSA) is 56.0 Å². The molecule has 1 aliphatic rings. The van der Waals surface area contributed by atoms with Crippen LogP contribution in [-0.4, -0.2) is 36.9 Å². The first kappa shape index (κ1) is 16.6. The Morgan fingerprint density at radius 3 is 2.58 bits per heavy atom. The predicted octanol–water partition coefficient (Wildman–Crippen LogP) is 3.20. The molecular formula is C20H23N5O. The fourth-order valence-electron chi connectivity index (χ4n) is 3.69. The van der Waals surface area contributed by atoms with Crippen LogP contribution in [0.4, 0.5) is 0 Å². The summed E-state index contributed by atoms with van der Waals surface area (Å²) in [6.45, 7) is 4.78. The molecule has 6 heteroatoms. The van der Waals surface area contributed by atoms with Crippen molar-refractivity contribution in [3.05, 3.63) is 65.2 Å². The van der Waals surface area contributed by atoms with Gasteiger partial charge in [-0.15, -0.1) is 0 Å². The lowest BCUT2D eigenvalue weighted by atomic mass is 10.1. The normalized spacial score (nSPS) is 17.0. The highest BCUT2D eigenvalue weighted by Gasteiger charge is 2.32. The standard InChI is InChI=1S/C20H23N5O/c1-14-6-8-17(9-7-14)25-15(2)18(12-22-25)20(26)24-10-4-5-19(24)16-11-21-23(3)13-16/h6-9,11-13,19H,4-5,10H2,1-3H3/t19-/m1/s1. The van der Waals surface area contributed by atoms with E-state index in [0.29, 0.717) is 5.56 Å². The summed E-state index contributed by atoms with van der Waals surface area (Å²) in [5.74, 6) is 0.0483. The van der Waals surface area contributed by atoms with Gasteiger partial charge in [0.05, 0.1) is 35.4 Å². The van der Waals surface area contributed by atoms with Gasteiger partial charge in [0.25, 0.3) is 5.91 Å². The zero-order chi connectivity index (χ0) is 18.3. The van der Waals surface area contributed by atoms with Gasteiger partial charge in [-0.1, -0.05) is 17.7 Å². The first-order valence-electron chi connectivity index (χ1n) is 8.96. The molecule has 1 saturated heterocycles. The van der Waals surface area contributed by atoms with Gasteiger partial charge in [0.1, 0.15) is 0 Å². The van der Waals surface area contributed by atoms with Crippen molar-refractivity contribution in [2.45, 2.75) is 32.7 Å². The number of benzene rings is 1. The van der Waals surface area contributed by atoms with E-state index in [1.807, 2.05) is 48.1 Å². The molecule has 2 aromatic heterocycles. The van der Waals surface area contributed by atoms with Gasteiger partial charge in [-0.3, -0.25) is 9.48 Å². The Kier molecular flexibility index (Phi) is 4.11. The van der Waals surface area contributed by atoms with E-state index in [1.165, 1.54) is 5.56 Å². The van der Waals surface area contributed by atoms with Gasteiger partial charge >= 0.3 is 0 Å². The average molecular weight is 349 g/mol. The van der Waals surface area contributed by atoms with Gasteiger partial charge in [-0.05, 0) is 38.8 Å². The van der Waals surface area contributed by atoms with E-state index >= 15 is 0 Å². The molecule has 1 atom stereocenters. The van der Waals surface area contributed by atoms with E-state index < -0.39 is 0 Å². The van der Waals surface area contributed by atoms with Crippen LogP contribution >= 0.6 is 0 Å². The van der Waals surface area contributed by atoms with E-state index in [0.717, 1.165) is 36.3 Å². The molecule has 6 nitrogen and oxygen atoms in total. The third-order valence-electron chi connectivity index (χ3n) is 5.14. The number of hydrogen-bond donors (Lipinski definition) is 0. The molecule has 0 N–H and O–H groups in total. The Labute approximate surface area is 153 Å². The zero-order valence-corrected chi connectivity index (χ0v) is 15.4. The highest BCUT2D eigenvalue weighted by atomic mass is 16.2. The maximum atomic E-state index is 13.2. The quantitative estimate of drug-likeness (QED) is 0.730. The van der Waals surface area contributed by atoms with Crippen LogP contribution in [0.3, 0.4) is 0 Å². The van der Waals surface area contributed by atoms with Crippen molar-refractivity contribution in [3.63, 3.8) is 0 Å². The molecule has 0 spiro atoms. The minimum Gasteiger partial charge on any atom is -0.331 e. The van der Waals surface area contributed by atoms with Gasteiger partial charge in [0.15, 0.2) is 0 Å². The minimum absolute atomic E-state index is 0.0483. The number of hydrogen-bond acceptors (Lipinski definition) is 3. The minimum atomic E-state index is 0.0483. The molecule has 1 amide bonds. The third-order valence-corrected chi connectivity index (χ3v) is 5.14. The lowest BCUT2D eigenvalue weighted by molar-refractivity contribution is 0.0735. The summed E-state index contributed by atoms with van der Waals surface area (Å²) in [6.07, 6.45) is 7.53. The van der Waals surface area contributed by atoms with E-state index in [-0.39, 0.29) is 11.9 Å². The molecule has 1 aliphatic heterocycles. The number of amides is 1. The first-order chi connectivity index (χ1) is 12.5. The van der Waals surface area contributed by atoms with E-state index in [2.05, 4.69) is 29.3 Å². The van der Waals surface area contributed by atoms with Crippen molar-refractivity contribution in [2.75, 3.05) is 6.54 Å². The largest absolute Gasteiger partial charge is 0.331 e. The second-order valence-corrected chi connectivity index (χ2v) is 6.99. The Balaban J connectivity index is 1.63. The smallest absolute Gasteiger partial charge is 0.257 e. The lowest BCUT2D eigenvalue weighted by Crippen LogP contribution is -2.30. The molecule has 0 unspecified atom stereocenters. The van der Waals surface area contributed by atoms with E-state index in [1.54, 1.807) is 10.9 Å². The number of carbonyl (C=O) groups excluding carboxylic acids is 1. The number of likely N-dealkylation sites (tertiary alicyclic amines) is 1.